The number of aliphatic hydroxyl groups excluding tert-OH is 1. The Labute approximate surface area is 378 Å². The minimum absolute atomic E-state index is 0.00668. The molecule has 6 aliphatic carbocycles. The molecule has 12 nitrogen and oxygen atoms in total. The Bertz CT molecular complexity index is 2690. The molecule has 2 aromatic carbocycles. The summed E-state index contributed by atoms with van der Waals surface area (Å²) >= 11 is 2.97. The van der Waals surface area contributed by atoms with Crippen molar-refractivity contribution in [1.82, 2.24) is 9.80 Å². The number of likely N-dealkylation sites (tertiary alicyclic amines) is 2. The molecule has 9 atom stereocenters. The summed E-state index contributed by atoms with van der Waals surface area (Å²) in [5.41, 5.74) is 0.290. The second-order valence-electron chi connectivity index (χ2n) is 21.0. The molecule has 4 bridgehead atoms. The number of nitrogens with zero attached hydrogens (tertiary/aromatic N) is 2. The zero-order chi connectivity index (χ0) is 43.1. The Morgan fingerprint density at radius 3 is 1.81 bits per heavy atom. The third-order valence-electron chi connectivity index (χ3n) is 17.7. The number of ether oxygens (including phenoxy) is 4. The van der Waals surface area contributed by atoms with E-state index in [0.29, 0.717) is 79.8 Å². The lowest BCUT2D eigenvalue weighted by Crippen LogP contribution is -2.77. The molecule has 4 aliphatic heterocycles. The maximum atomic E-state index is 13.6. The zero-order valence-corrected chi connectivity index (χ0v) is 37.3. The van der Waals surface area contributed by atoms with Gasteiger partial charge in [0.1, 0.15) is 6.10 Å². The van der Waals surface area contributed by atoms with E-state index in [-0.39, 0.29) is 37.1 Å². The predicted molar refractivity (Wildman–Crippen MR) is 236 cm³/mol. The van der Waals surface area contributed by atoms with Crippen LogP contribution in [0.3, 0.4) is 0 Å². The van der Waals surface area contributed by atoms with Crippen LogP contribution >= 0.6 is 22.7 Å². The number of esters is 2. The molecule has 64 heavy (non-hydrogen) atoms. The molecular weight excluding hydrogens is 853 g/mol. The Morgan fingerprint density at radius 1 is 0.703 bits per heavy atom. The summed E-state index contributed by atoms with van der Waals surface area (Å²) in [6, 6.07) is 11.5. The van der Waals surface area contributed by atoms with Crippen molar-refractivity contribution in [3.8, 4) is 23.0 Å². The molecule has 1 unspecified atom stereocenters. The maximum Gasteiger partial charge on any atom is 0.316 e. The molecule has 14 heteroatoms. The molecule has 10 aliphatic rings. The predicted octanol–water partition coefficient (Wildman–Crippen LogP) is 5.32. The van der Waals surface area contributed by atoms with E-state index in [9.17, 15) is 29.7 Å². The van der Waals surface area contributed by atoms with Crippen LogP contribution in [0.4, 0.5) is 0 Å². The lowest BCUT2D eigenvalue weighted by Gasteiger charge is -2.63. The van der Waals surface area contributed by atoms with Crippen molar-refractivity contribution in [2.24, 2.45) is 11.8 Å². The monoisotopic (exact) mass is 904 g/mol. The number of thiophene rings is 2. The Kier molecular flexibility index (Phi) is 8.22. The third-order valence-corrected chi connectivity index (χ3v) is 19.9. The maximum absolute atomic E-state index is 13.6. The van der Waals surface area contributed by atoms with Gasteiger partial charge in [-0.15, -0.1) is 22.7 Å². The van der Waals surface area contributed by atoms with Crippen LogP contribution in [0.25, 0.3) is 9.40 Å². The van der Waals surface area contributed by atoms with Gasteiger partial charge < -0.3 is 34.3 Å². The fourth-order valence-corrected chi connectivity index (χ4v) is 17.0. The highest BCUT2D eigenvalue weighted by atomic mass is 32.1. The van der Waals surface area contributed by atoms with Gasteiger partial charge in [-0.3, -0.25) is 24.2 Å². The molecule has 14 rings (SSSR count). The van der Waals surface area contributed by atoms with E-state index in [0.717, 1.165) is 67.6 Å². The highest BCUT2D eigenvalue weighted by molar-refractivity contribution is 7.27. The summed E-state index contributed by atoms with van der Waals surface area (Å²) in [6.45, 7) is 3.65. The average Bonchev–Trinajstić information content (AvgIpc) is 4.11. The summed E-state index contributed by atoms with van der Waals surface area (Å²) in [5.74, 6) is 2.11. The van der Waals surface area contributed by atoms with Crippen LogP contribution in [0.5, 0.6) is 23.0 Å². The Balaban J connectivity index is 0.674. The first-order chi connectivity index (χ1) is 31.0. The second-order valence-corrected chi connectivity index (χ2v) is 23.4. The van der Waals surface area contributed by atoms with Gasteiger partial charge in [-0.1, -0.05) is 12.1 Å². The molecule has 6 fully saturated rings. The number of carbonyl (C=O) groups is 3. The number of rotatable bonds is 10. The summed E-state index contributed by atoms with van der Waals surface area (Å²) < 4.78 is 27.2. The molecule has 2 spiro atoms. The van der Waals surface area contributed by atoms with Crippen LogP contribution in [0.1, 0.15) is 96.2 Å². The number of hydrogen-bond donors (Lipinski definition) is 3. The molecule has 6 heterocycles. The van der Waals surface area contributed by atoms with Gasteiger partial charge in [-0.25, -0.2) is 0 Å². The summed E-state index contributed by atoms with van der Waals surface area (Å²) in [7, 11) is 0. The van der Waals surface area contributed by atoms with Crippen molar-refractivity contribution in [2.75, 3.05) is 26.2 Å². The van der Waals surface area contributed by atoms with Crippen LogP contribution in [-0.4, -0.2) is 111 Å². The summed E-state index contributed by atoms with van der Waals surface area (Å²) in [4.78, 5) is 47.4. The molecule has 4 aromatic rings. The van der Waals surface area contributed by atoms with Crippen LogP contribution in [0.2, 0.25) is 0 Å². The quantitative estimate of drug-likeness (QED) is 0.140. The number of benzene rings is 2. The van der Waals surface area contributed by atoms with Gasteiger partial charge in [-0.05, 0) is 131 Å². The zero-order valence-electron chi connectivity index (χ0n) is 35.6. The van der Waals surface area contributed by atoms with Gasteiger partial charge in [0.05, 0.1) is 41.0 Å². The highest BCUT2D eigenvalue weighted by Crippen LogP contribution is 2.67. The number of ketones is 1. The fourth-order valence-electron chi connectivity index (χ4n) is 14.6. The van der Waals surface area contributed by atoms with Crippen molar-refractivity contribution in [2.45, 2.75) is 142 Å². The molecule has 4 saturated carbocycles. The molecule has 0 radical (unpaired) electrons. The number of Topliss-reactive ketones (excluding diaryl/α,β-unsaturated/α-hetero) is 1. The second kappa shape index (κ2) is 13.4. The van der Waals surface area contributed by atoms with E-state index >= 15 is 0 Å². The minimum atomic E-state index is -1.09. The van der Waals surface area contributed by atoms with Crippen LogP contribution in [0, 0.1) is 11.8 Å². The van der Waals surface area contributed by atoms with Gasteiger partial charge in [-0.2, -0.15) is 0 Å². The standard InChI is InChI=1S/C50H52N2O10S2/c53-31-9-11-49(57)37-17-27-5-7-33(43-41(27)47(49,45(31)61-43)13-15-51(37)23-25-1-2-25)59-39(55)21-29-19-35-36(63-29)20-30(64-35)22-40(56)60-34-8-6-28-18-38-50(58)12-10-32(54)46-48(50,42(28)44(34)62-46)14-16-52(38)24-26-3-4-26/h5-8,19-20,25-26,31,37-38,45-46,53,57-58H,1-4,9-18,21-24H2/t31?,37-,38-,45+,46+,47+,48+,49-,50-/m1/s1. The van der Waals surface area contributed by atoms with Crippen LogP contribution < -0.4 is 18.9 Å². The van der Waals surface area contributed by atoms with E-state index in [1.807, 2.05) is 30.3 Å². The number of carbonyl (C=O) groups excluding carboxylic acids is 3. The molecule has 0 amide bonds. The van der Waals surface area contributed by atoms with E-state index in [1.54, 1.807) is 6.07 Å². The summed E-state index contributed by atoms with van der Waals surface area (Å²) in [6.07, 6.45) is 7.36. The van der Waals surface area contributed by atoms with Crippen molar-refractivity contribution >= 4 is 49.8 Å². The van der Waals surface area contributed by atoms with Crippen molar-refractivity contribution in [3.05, 3.63) is 68.4 Å². The molecule has 2 saturated heterocycles. The third kappa shape index (κ3) is 5.24. The number of fused-ring (bicyclic) bond motifs is 1. The van der Waals surface area contributed by atoms with Crippen molar-refractivity contribution in [1.29, 1.82) is 0 Å². The number of aliphatic hydroxyl groups is 3. The lowest BCUT2D eigenvalue weighted by atomic mass is 9.48. The van der Waals surface area contributed by atoms with E-state index < -0.39 is 52.3 Å². The largest absolute Gasteiger partial charge is 0.482 e. The van der Waals surface area contributed by atoms with E-state index in [2.05, 4.69) is 9.80 Å². The first-order valence-corrected chi connectivity index (χ1v) is 25.3. The van der Waals surface area contributed by atoms with Crippen LogP contribution in [-0.2, 0) is 50.9 Å². The molecular formula is C50H52N2O10S2. The first kappa shape index (κ1) is 39.3. The van der Waals surface area contributed by atoms with Gasteiger partial charge in [0, 0.05) is 61.9 Å². The number of piperidine rings is 2. The molecule has 2 aromatic heterocycles. The molecule has 334 valence electrons. The lowest BCUT2D eigenvalue weighted by molar-refractivity contribution is -0.208. The van der Waals surface area contributed by atoms with Crippen molar-refractivity contribution in [3.63, 3.8) is 0 Å². The number of hydrogen-bond acceptors (Lipinski definition) is 14. The smallest absolute Gasteiger partial charge is 0.316 e. The van der Waals surface area contributed by atoms with Gasteiger partial charge in [0.15, 0.2) is 34.9 Å². The SMILES string of the molecule is O=C(Cc1cc2sc(CC(=O)Oc3ccc4c5c3O[C@H]3C(O)CC[C@@]6(O)[C@@H](C4)N(CC4CC4)CC[C@]536)cc2s1)Oc1ccc2c3c1O[C@H]1C(=O)CC[C@@]4(O)[C@@H](C2)N(CC2CC2)CC[C@]314. The Hall–Kier alpha value is -3.89. The topological polar surface area (TPSA) is 155 Å². The average molecular weight is 905 g/mol. The minimum Gasteiger partial charge on any atom is -0.482 e. The van der Waals surface area contributed by atoms with E-state index in [4.69, 9.17) is 18.9 Å². The highest BCUT2D eigenvalue weighted by Gasteiger charge is 2.74. The van der Waals surface area contributed by atoms with Crippen molar-refractivity contribution < 1.29 is 48.7 Å². The van der Waals surface area contributed by atoms with E-state index in [1.165, 1.54) is 48.4 Å². The first-order valence-electron chi connectivity index (χ1n) is 23.7. The van der Waals surface area contributed by atoms with Gasteiger partial charge in [0.2, 0.25) is 0 Å². The van der Waals surface area contributed by atoms with Crippen LogP contribution in [0.15, 0.2) is 36.4 Å². The Morgan fingerprint density at radius 2 is 1.23 bits per heavy atom. The van der Waals surface area contributed by atoms with Gasteiger partial charge in [0.25, 0.3) is 0 Å². The summed E-state index contributed by atoms with van der Waals surface area (Å²) in [5, 5.41) is 36.6. The fraction of sp³-hybridized carbons (Fsp3) is 0.580. The van der Waals surface area contributed by atoms with Gasteiger partial charge >= 0.3 is 11.9 Å². The molecule has 3 N–H and O–H groups in total. The normalized spacial score (nSPS) is 36.3.